The van der Waals surface area contributed by atoms with Gasteiger partial charge in [0.1, 0.15) is 6.29 Å². The van der Waals surface area contributed by atoms with Gasteiger partial charge in [-0.05, 0) is 12.8 Å². The van der Waals surface area contributed by atoms with Crippen LogP contribution in [0.15, 0.2) is 12.7 Å². The summed E-state index contributed by atoms with van der Waals surface area (Å²) in [5.74, 6) is 0. The summed E-state index contributed by atoms with van der Waals surface area (Å²) < 4.78 is 0. The molecule has 0 aliphatic carbocycles. The molecule has 0 aliphatic rings. The Kier molecular flexibility index (Phi) is 5.12. The summed E-state index contributed by atoms with van der Waals surface area (Å²) in [6.45, 7) is 3.49. The van der Waals surface area contributed by atoms with E-state index in [1.165, 1.54) is 0 Å². The third-order valence-electron chi connectivity index (χ3n) is 1.07. The molecule has 9 heavy (non-hydrogen) atoms. The van der Waals surface area contributed by atoms with Crippen molar-refractivity contribution in [3.63, 3.8) is 0 Å². The quantitative estimate of drug-likeness (QED) is 0.441. The Labute approximate surface area is 55.2 Å². The fraction of sp³-hybridized carbons (Fsp3) is 0.571. The monoisotopic (exact) mass is 128 g/mol. The summed E-state index contributed by atoms with van der Waals surface area (Å²) in [7, 11) is 0. The molecule has 0 unspecified atom stereocenters. The van der Waals surface area contributed by atoms with Crippen LogP contribution in [-0.2, 0) is 4.79 Å². The predicted octanol–water partition coefficient (Wildman–Crippen LogP) is 0.903. The third-order valence-corrected chi connectivity index (χ3v) is 1.07. The number of aldehydes is 1. The van der Waals surface area contributed by atoms with Crippen LogP contribution in [0.2, 0.25) is 0 Å². The molecule has 2 nitrogen and oxygen atoms in total. The van der Waals surface area contributed by atoms with Crippen molar-refractivity contribution in [3.05, 3.63) is 12.7 Å². The van der Waals surface area contributed by atoms with Gasteiger partial charge in [0.05, 0.1) is 6.10 Å². The minimum absolute atomic E-state index is 0.244. The van der Waals surface area contributed by atoms with Crippen LogP contribution < -0.4 is 0 Å². The number of hydrogen-bond acceptors (Lipinski definition) is 2. The van der Waals surface area contributed by atoms with E-state index in [1.54, 1.807) is 6.08 Å². The molecule has 0 heterocycles. The SMILES string of the molecule is C=CCC[C@@H](O)CC=O. The molecule has 0 fully saturated rings. The third kappa shape index (κ3) is 5.24. The maximum absolute atomic E-state index is 9.79. The average Bonchev–Trinajstić information content (AvgIpc) is 1.85. The van der Waals surface area contributed by atoms with Gasteiger partial charge in [0, 0.05) is 6.42 Å². The van der Waals surface area contributed by atoms with Crippen LogP contribution in [0.4, 0.5) is 0 Å². The van der Waals surface area contributed by atoms with Crippen LogP contribution in [0.25, 0.3) is 0 Å². The molecular formula is C7H12O2. The van der Waals surface area contributed by atoms with Gasteiger partial charge in [-0.25, -0.2) is 0 Å². The first-order valence-electron chi connectivity index (χ1n) is 3.04. The molecule has 0 aliphatic heterocycles. The lowest BCUT2D eigenvalue weighted by molar-refractivity contribution is -0.109. The molecular weight excluding hydrogens is 116 g/mol. The van der Waals surface area contributed by atoms with Gasteiger partial charge < -0.3 is 9.90 Å². The minimum Gasteiger partial charge on any atom is -0.393 e. The largest absolute Gasteiger partial charge is 0.393 e. The standard InChI is InChI=1S/C7H12O2/c1-2-3-4-7(9)5-6-8/h2,6-7,9H,1,3-5H2/t7-/m1/s1. The van der Waals surface area contributed by atoms with Crippen molar-refractivity contribution in [2.45, 2.75) is 25.4 Å². The molecule has 0 saturated heterocycles. The van der Waals surface area contributed by atoms with Crippen LogP contribution in [0, 0.1) is 0 Å². The molecule has 0 rings (SSSR count). The number of aliphatic hydroxyl groups is 1. The molecule has 1 N–H and O–H groups in total. The molecule has 0 aromatic carbocycles. The Bertz CT molecular complexity index is 88.9. The van der Waals surface area contributed by atoms with Crippen LogP contribution in [-0.4, -0.2) is 17.5 Å². The van der Waals surface area contributed by atoms with Gasteiger partial charge in [0.2, 0.25) is 0 Å². The highest BCUT2D eigenvalue weighted by Gasteiger charge is 1.99. The number of carbonyl (C=O) groups excluding carboxylic acids is 1. The van der Waals surface area contributed by atoms with Gasteiger partial charge in [-0.3, -0.25) is 0 Å². The molecule has 0 spiro atoms. The maximum atomic E-state index is 9.79. The molecule has 0 bridgehead atoms. The predicted molar refractivity (Wildman–Crippen MR) is 36.1 cm³/mol. The van der Waals surface area contributed by atoms with E-state index in [-0.39, 0.29) is 6.42 Å². The summed E-state index contributed by atoms with van der Waals surface area (Å²) in [6.07, 6.45) is 3.65. The highest BCUT2D eigenvalue weighted by atomic mass is 16.3. The average molecular weight is 128 g/mol. The summed E-state index contributed by atoms with van der Waals surface area (Å²) in [6, 6.07) is 0. The number of carbonyl (C=O) groups is 1. The fourth-order valence-corrected chi connectivity index (χ4v) is 0.539. The van der Waals surface area contributed by atoms with Crippen molar-refractivity contribution in [1.82, 2.24) is 0 Å². The van der Waals surface area contributed by atoms with Crippen LogP contribution in [0.3, 0.4) is 0 Å². The molecule has 0 radical (unpaired) electrons. The van der Waals surface area contributed by atoms with Crippen molar-refractivity contribution in [2.75, 3.05) is 0 Å². The summed E-state index contributed by atoms with van der Waals surface area (Å²) >= 11 is 0. The van der Waals surface area contributed by atoms with E-state index in [2.05, 4.69) is 6.58 Å². The highest BCUT2D eigenvalue weighted by Crippen LogP contribution is 1.99. The first kappa shape index (κ1) is 8.37. The molecule has 52 valence electrons. The van der Waals surface area contributed by atoms with Crippen molar-refractivity contribution >= 4 is 6.29 Å². The summed E-state index contributed by atoms with van der Waals surface area (Å²) in [4.78, 5) is 9.79. The van der Waals surface area contributed by atoms with E-state index in [9.17, 15) is 4.79 Å². The Morgan fingerprint density at radius 3 is 2.78 bits per heavy atom. The lowest BCUT2D eigenvalue weighted by atomic mass is 10.1. The summed E-state index contributed by atoms with van der Waals surface area (Å²) in [5.41, 5.74) is 0. The van der Waals surface area contributed by atoms with Gasteiger partial charge >= 0.3 is 0 Å². The first-order valence-corrected chi connectivity index (χ1v) is 3.04. The normalized spacial score (nSPS) is 12.6. The van der Waals surface area contributed by atoms with E-state index >= 15 is 0 Å². The number of rotatable bonds is 5. The Morgan fingerprint density at radius 1 is 1.67 bits per heavy atom. The Hall–Kier alpha value is -0.630. The van der Waals surface area contributed by atoms with Gasteiger partial charge in [-0.2, -0.15) is 0 Å². The lowest BCUT2D eigenvalue weighted by Gasteiger charge is -2.01. The van der Waals surface area contributed by atoms with Gasteiger partial charge in [-0.1, -0.05) is 6.08 Å². The van der Waals surface area contributed by atoms with E-state index in [4.69, 9.17) is 5.11 Å². The van der Waals surface area contributed by atoms with Crippen LogP contribution in [0.5, 0.6) is 0 Å². The van der Waals surface area contributed by atoms with Crippen molar-refractivity contribution < 1.29 is 9.90 Å². The number of aliphatic hydroxyl groups excluding tert-OH is 1. The second kappa shape index (κ2) is 5.51. The zero-order valence-corrected chi connectivity index (χ0v) is 5.42. The van der Waals surface area contributed by atoms with E-state index in [0.29, 0.717) is 6.42 Å². The molecule has 1 atom stereocenters. The van der Waals surface area contributed by atoms with E-state index in [0.717, 1.165) is 12.7 Å². The molecule has 0 amide bonds. The smallest absolute Gasteiger partial charge is 0.122 e. The van der Waals surface area contributed by atoms with Crippen LogP contribution >= 0.6 is 0 Å². The highest BCUT2D eigenvalue weighted by molar-refractivity contribution is 5.49. The molecule has 0 aromatic heterocycles. The zero-order chi connectivity index (χ0) is 7.11. The van der Waals surface area contributed by atoms with Crippen molar-refractivity contribution in [2.24, 2.45) is 0 Å². The second-order valence-electron chi connectivity index (χ2n) is 1.92. The number of hydrogen-bond donors (Lipinski definition) is 1. The second-order valence-corrected chi connectivity index (χ2v) is 1.92. The minimum atomic E-state index is -0.472. The molecule has 0 saturated carbocycles. The lowest BCUT2D eigenvalue weighted by Crippen LogP contribution is -2.05. The van der Waals surface area contributed by atoms with E-state index in [1.807, 2.05) is 0 Å². The van der Waals surface area contributed by atoms with Gasteiger partial charge in [0.25, 0.3) is 0 Å². The van der Waals surface area contributed by atoms with Crippen LogP contribution in [0.1, 0.15) is 19.3 Å². The number of allylic oxidation sites excluding steroid dienone is 1. The summed E-state index contributed by atoms with van der Waals surface area (Å²) in [5, 5.41) is 8.90. The van der Waals surface area contributed by atoms with Gasteiger partial charge in [0.15, 0.2) is 0 Å². The first-order chi connectivity index (χ1) is 4.31. The fourth-order valence-electron chi connectivity index (χ4n) is 0.539. The molecule has 0 aromatic rings. The Morgan fingerprint density at radius 2 is 2.33 bits per heavy atom. The maximum Gasteiger partial charge on any atom is 0.122 e. The Balaban J connectivity index is 3.14. The topological polar surface area (TPSA) is 37.3 Å². The van der Waals surface area contributed by atoms with Gasteiger partial charge in [-0.15, -0.1) is 6.58 Å². The van der Waals surface area contributed by atoms with Crippen molar-refractivity contribution in [3.8, 4) is 0 Å². The zero-order valence-electron chi connectivity index (χ0n) is 5.42. The van der Waals surface area contributed by atoms with E-state index < -0.39 is 6.10 Å². The van der Waals surface area contributed by atoms with Crippen molar-refractivity contribution in [1.29, 1.82) is 0 Å². The molecule has 2 heteroatoms.